The van der Waals surface area contributed by atoms with Crippen molar-refractivity contribution >= 4 is 16.5 Å². The molecule has 136 valence electrons. The van der Waals surface area contributed by atoms with Crippen LogP contribution < -0.4 is 5.32 Å². The molecule has 3 nitrogen and oxygen atoms in total. The van der Waals surface area contributed by atoms with E-state index in [1.165, 1.54) is 36.3 Å². The van der Waals surface area contributed by atoms with E-state index in [1.807, 2.05) is 0 Å². The first-order valence-corrected chi connectivity index (χ1v) is 9.33. The average molecular weight is 369 g/mol. The van der Waals surface area contributed by atoms with E-state index < -0.39 is 11.7 Å². The summed E-state index contributed by atoms with van der Waals surface area (Å²) in [5.74, 6) is 0. The molecule has 1 aliphatic heterocycles. The van der Waals surface area contributed by atoms with Crippen molar-refractivity contribution in [2.45, 2.75) is 44.9 Å². The van der Waals surface area contributed by atoms with Crippen LogP contribution in [-0.4, -0.2) is 29.5 Å². The standard InChI is InChI=1S/C18H22F3N3S/c1-3-14-8-5-9-24(14)11-15-16(23-17(22-2)25-15)12-6-4-7-13(10-12)18(19,20)21/h4,6-7,10,14H,3,5,8-9,11H2,1-2H3,(H,22,23). The summed E-state index contributed by atoms with van der Waals surface area (Å²) in [6.45, 7) is 3.96. The van der Waals surface area contributed by atoms with Crippen molar-refractivity contribution in [1.29, 1.82) is 0 Å². The summed E-state index contributed by atoms with van der Waals surface area (Å²) in [6.07, 6.45) is -0.890. The third kappa shape index (κ3) is 3.98. The van der Waals surface area contributed by atoms with Gasteiger partial charge in [0.1, 0.15) is 0 Å². The Kier molecular flexibility index (Phi) is 5.34. The number of aromatic nitrogens is 1. The minimum absolute atomic E-state index is 0.523. The van der Waals surface area contributed by atoms with Crippen molar-refractivity contribution < 1.29 is 13.2 Å². The number of halogens is 3. The maximum absolute atomic E-state index is 13.0. The van der Waals surface area contributed by atoms with Gasteiger partial charge in [-0.05, 0) is 37.9 Å². The Hall–Kier alpha value is -1.60. The predicted molar refractivity (Wildman–Crippen MR) is 95.8 cm³/mol. The van der Waals surface area contributed by atoms with Crippen molar-refractivity contribution in [3.05, 3.63) is 34.7 Å². The van der Waals surface area contributed by atoms with Crippen LogP contribution in [0.25, 0.3) is 11.3 Å². The highest BCUT2D eigenvalue weighted by Gasteiger charge is 2.31. The summed E-state index contributed by atoms with van der Waals surface area (Å²) in [7, 11) is 1.78. The number of nitrogens with one attached hydrogen (secondary N) is 1. The zero-order valence-corrected chi connectivity index (χ0v) is 15.2. The molecule has 0 saturated carbocycles. The molecule has 7 heteroatoms. The third-order valence-electron chi connectivity index (χ3n) is 4.69. The molecule has 1 N–H and O–H groups in total. The van der Waals surface area contributed by atoms with Gasteiger partial charge in [-0.15, -0.1) is 11.3 Å². The normalized spacial score (nSPS) is 18.7. The van der Waals surface area contributed by atoms with Crippen LogP contribution in [0, 0.1) is 0 Å². The molecule has 1 aromatic heterocycles. The molecule has 1 fully saturated rings. The molecule has 2 heterocycles. The molecule has 25 heavy (non-hydrogen) atoms. The van der Waals surface area contributed by atoms with Crippen LogP contribution in [0.3, 0.4) is 0 Å². The van der Waals surface area contributed by atoms with E-state index in [0.717, 1.165) is 35.6 Å². The van der Waals surface area contributed by atoms with E-state index in [-0.39, 0.29) is 0 Å². The van der Waals surface area contributed by atoms with Gasteiger partial charge in [-0.2, -0.15) is 13.2 Å². The van der Waals surface area contributed by atoms with Gasteiger partial charge in [0.15, 0.2) is 5.13 Å². The number of likely N-dealkylation sites (tertiary alicyclic amines) is 1. The van der Waals surface area contributed by atoms with E-state index >= 15 is 0 Å². The number of rotatable bonds is 5. The number of alkyl halides is 3. The van der Waals surface area contributed by atoms with Crippen LogP contribution in [-0.2, 0) is 12.7 Å². The van der Waals surface area contributed by atoms with E-state index in [2.05, 4.69) is 22.1 Å². The van der Waals surface area contributed by atoms with E-state index in [9.17, 15) is 13.2 Å². The molecule has 0 spiro atoms. The summed E-state index contributed by atoms with van der Waals surface area (Å²) in [4.78, 5) is 7.97. The molecular weight excluding hydrogens is 347 g/mol. The maximum atomic E-state index is 13.0. The quantitative estimate of drug-likeness (QED) is 0.781. The molecule has 1 aromatic carbocycles. The molecule has 1 unspecified atom stereocenters. The van der Waals surface area contributed by atoms with Gasteiger partial charge in [-0.3, -0.25) is 4.90 Å². The molecule has 1 atom stereocenters. The Morgan fingerprint density at radius 1 is 1.36 bits per heavy atom. The Bertz CT molecular complexity index is 727. The minimum Gasteiger partial charge on any atom is -0.365 e. The van der Waals surface area contributed by atoms with E-state index in [0.29, 0.717) is 17.3 Å². The van der Waals surface area contributed by atoms with Crippen molar-refractivity contribution in [3.63, 3.8) is 0 Å². The molecule has 0 aliphatic carbocycles. The first kappa shape index (κ1) is 18.2. The van der Waals surface area contributed by atoms with Crippen LogP contribution in [0.1, 0.15) is 36.6 Å². The number of benzene rings is 1. The largest absolute Gasteiger partial charge is 0.416 e. The van der Waals surface area contributed by atoms with Gasteiger partial charge in [-0.1, -0.05) is 19.1 Å². The highest BCUT2D eigenvalue weighted by atomic mass is 32.1. The summed E-state index contributed by atoms with van der Waals surface area (Å²) in [6, 6.07) is 6.00. The highest BCUT2D eigenvalue weighted by molar-refractivity contribution is 7.16. The lowest BCUT2D eigenvalue weighted by Gasteiger charge is -2.22. The summed E-state index contributed by atoms with van der Waals surface area (Å²) < 4.78 is 39.1. The fraction of sp³-hybridized carbons (Fsp3) is 0.500. The Morgan fingerprint density at radius 3 is 2.84 bits per heavy atom. The third-order valence-corrected chi connectivity index (χ3v) is 5.75. The van der Waals surface area contributed by atoms with Crippen LogP contribution >= 0.6 is 11.3 Å². The molecule has 1 saturated heterocycles. The topological polar surface area (TPSA) is 28.2 Å². The Labute approximate surface area is 149 Å². The molecule has 1 aliphatic rings. The van der Waals surface area contributed by atoms with Gasteiger partial charge in [0.05, 0.1) is 11.3 Å². The zero-order chi connectivity index (χ0) is 18.0. The van der Waals surface area contributed by atoms with Crippen LogP contribution in [0.5, 0.6) is 0 Å². The minimum atomic E-state index is -4.35. The molecule has 0 radical (unpaired) electrons. The van der Waals surface area contributed by atoms with Crippen molar-refractivity contribution in [2.75, 3.05) is 18.9 Å². The summed E-state index contributed by atoms with van der Waals surface area (Å²) in [5.41, 5.74) is 0.541. The lowest BCUT2D eigenvalue weighted by molar-refractivity contribution is -0.137. The van der Waals surface area contributed by atoms with Crippen molar-refractivity contribution in [3.8, 4) is 11.3 Å². The second kappa shape index (κ2) is 7.33. The monoisotopic (exact) mass is 369 g/mol. The number of hydrogen-bond acceptors (Lipinski definition) is 4. The Morgan fingerprint density at radius 2 is 2.16 bits per heavy atom. The number of thiazole rings is 1. The van der Waals surface area contributed by atoms with Crippen molar-refractivity contribution in [1.82, 2.24) is 9.88 Å². The molecule has 3 rings (SSSR count). The SMILES string of the molecule is CCC1CCCN1Cc1sc(NC)nc1-c1cccc(C(F)(F)F)c1. The number of nitrogens with zero attached hydrogens (tertiary/aromatic N) is 2. The number of hydrogen-bond donors (Lipinski definition) is 1. The second-order valence-electron chi connectivity index (χ2n) is 6.29. The predicted octanol–water partition coefficient (Wildman–Crippen LogP) is 5.25. The van der Waals surface area contributed by atoms with Gasteiger partial charge in [0.25, 0.3) is 0 Å². The zero-order valence-electron chi connectivity index (χ0n) is 14.4. The first-order chi connectivity index (χ1) is 11.9. The molecule has 2 aromatic rings. The lowest BCUT2D eigenvalue weighted by Crippen LogP contribution is -2.28. The van der Waals surface area contributed by atoms with E-state index in [4.69, 9.17) is 0 Å². The average Bonchev–Trinajstić information content (AvgIpc) is 3.21. The smallest absolute Gasteiger partial charge is 0.365 e. The second-order valence-corrected chi connectivity index (χ2v) is 7.38. The summed E-state index contributed by atoms with van der Waals surface area (Å²) in [5, 5.41) is 3.75. The molecule has 0 amide bonds. The van der Waals surface area contributed by atoms with Crippen molar-refractivity contribution in [2.24, 2.45) is 0 Å². The van der Waals surface area contributed by atoms with Gasteiger partial charge in [0, 0.05) is 30.1 Å². The van der Waals surface area contributed by atoms with Gasteiger partial charge < -0.3 is 5.32 Å². The Balaban J connectivity index is 1.95. The fourth-order valence-electron chi connectivity index (χ4n) is 3.38. The molecular formula is C18H22F3N3S. The maximum Gasteiger partial charge on any atom is 0.416 e. The first-order valence-electron chi connectivity index (χ1n) is 8.51. The number of anilines is 1. The summed E-state index contributed by atoms with van der Waals surface area (Å²) >= 11 is 1.52. The highest BCUT2D eigenvalue weighted by Crippen LogP contribution is 2.37. The van der Waals surface area contributed by atoms with Crippen LogP contribution in [0.4, 0.5) is 18.3 Å². The fourth-order valence-corrected chi connectivity index (χ4v) is 4.35. The van der Waals surface area contributed by atoms with Gasteiger partial charge >= 0.3 is 6.18 Å². The van der Waals surface area contributed by atoms with E-state index in [1.54, 1.807) is 13.1 Å². The van der Waals surface area contributed by atoms with Crippen LogP contribution in [0.2, 0.25) is 0 Å². The van der Waals surface area contributed by atoms with Crippen LogP contribution in [0.15, 0.2) is 24.3 Å². The lowest BCUT2D eigenvalue weighted by atomic mass is 10.1. The molecule has 0 bridgehead atoms. The van der Waals surface area contributed by atoms with Gasteiger partial charge in [0.2, 0.25) is 0 Å². The van der Waals surface area contributed by atoms with Gasteiger partial charge in [-0.25, -0.2) is 4.98 Å².